The number of nitrogens with one attached hydrogen (secondary N) is 1. The molecule has 6 heteroatoms. The molecule has 0 aliphatic carbocycles. The molecule has 4 nitrogen and oxygen atoms in total. The molecular weight excluding hydrogens is 412 g/mol. The Labute approximate surface area is 182 Å². The first-order valence-corrected chi connectivity index (χ1v) is 11.8. The fourth-order valence-electron chi connectivity index (χ4n) is 2.77. The Morgan fingerprint density at radius 1 is 0.933 bits per heavy atom. The molecule has 30 heavy (non-hydrogen) atoms. The molecule has 1 N–H and O–H groups in total. The summed E-state index contributed by atoms with van der Waals surface area (Å²) < 4.78 is 28.7. The summed E-state index contributed by atoms with van der Waals surface area (Å²) >= 11 is 1.33. The predicted molar refractivity (Wildman–Crippen MR) is 122 cm³/mol. The van der Waals surface area contributed by atoms with Gasteiger partial charge < -0.3 is 0 Å². The van der Waals surface area contributed by atoms with Gasteiger partial charge in [-0.15, -0.1) is 11.8 Å². The molecule has 0 aliphatic rings. The van der Waals surface area contributed by atoms with E-state index in [1.807, 2.05) is 73.7 Å². The summed E-state index contributed by atoms with van der Waals surface area (Å²) in [6, 6.07) is 27.3. The average molecular weight is 435 g/mol. The molecule has 2 atom stereocenters. The summed E-state index contributed by atoms with van der Waals surface area (Å²) in [5.41, 5.74) is 1.91. The lowest BCUT2D eigenvalue weighted by molar-refractivity contribution is 0.573. The highest BCUT2D eigenvalue weighted by molar-refractivity contribution is 8.00. The molecule has 0 bridgehead atoms. The van der Waals surface area contributed by atoms with Crippen molar-refractivity contribution in [2.75, 3.05) is 0 Å². The van der Waals surface area contributed by atoms with E-state index < -0.39 is 21.3 Å². The van der Waals surface area contributed by atoms with Crippen molar-refractivity contribution in [1.82, 2.24) is 4.72 Å². The van der Waals surface area contributed by atoms with E-state index in [0.717, 1.165) is 16.0 Å². The van der Waals surface area contributed by atoms with Crippen molar-refractivity contribution < 1.29 is 8.42 Å². The molecule has 3 aromatic rings. The van der Waals surface area contributed by atoms with Crippen LogP contribution >= 0.6 is 11.8 Å². The van der Waals surface area contributed by atoms with Gasteiger partial charge in [0.15, 0.2) is 0 Å². The Hall–Kier alpha value is -2.85. The minimum Gasteiger partial charge on any atom is -0.207 e. The summed E-state index contributed by atoms with van der Waals surface area (Å²) in [6.07, 6.45) is 3.57. The van der Waals surface area contributed by atoms with E-state index in [1.165, 1.54) is 11.8 Å². The molecule has 152 valence electrons. The average Bonchev–Trinajstić information content (AvgIpc) is 2.77. The molecule has 0 radical (unpaired) electrons. The summed E-state index contributed by atoms with van der Waals surface area (Å²) in [5.74, 6) is 0. The number of sulfonamides is 1. The van der Waals surface area contributed by atoms with E-state index >= 15 is 0 Å². The van der Waals surface area contributed by atoms with Gasteiger partial charge in [0, 0.05) is 4.90 Å². The first kappa shape index (κ1) is 21.8. The number of rotatable bonds is 8. The number of hydrogen-bond acceptors (Lipinski definition) is 4. The third-order valence-corrected chi connectivity index (χ3v) is 7.05. The lowest BCUT2D eigenvalue weighted by atomic mass is 10.1. The van der Waals surface area contributed by atoms with E-state index in [0.29, 0.717) is 0 Å². The van der Waals surface area contributed by atoms with Crippen LogP contribution in [0, 0.1) is 18.3 Å². The molecule has 0 aromatic heterocycles. The number of hydrogen-bond donors (Lipinski definition) is 1. The number of aryl methyl sites for hydroxylation is 1. The van der Waals surface area contributed by atoms with Gasteiger partial charge in [-0.2, -0.15) is 5.26 Å². The number of benzene rings is 3. The van der Waals surface area contributed by atoms with Crippen LogP contribution in [-0.2, 0) is 10.0 Å². The fourth-order valence-corrected chi connectivity index (χ4v) is 5.03. The number of nitriles is 1. The van der Waals surface area contributed by atoms with Crippen molar-refractivity contribution in [2.45, 2.75) is 28.0 Å². The first-order valence-electron chi connectivity index (χ1n) is 9.41. The lowest BCUT2D eigenvalue weighted by Crippen LogP contribution is -2.40. The predicted octanol–water partition coefficient (Wildman–Crippen LogP) is 5.04. The number of thioether (sulfide) groups is 1. The Balaban J connectivity index is 1.90. The van der Waals surface area contributed by atoms with Gasteiger partial charge in [-0.3, -0.25) is 0 Å². The van der Waals surface area contributed by atoms with Gasteiger partial charge in [0.25, 0.3) is 0 Å². The highest BCUT2D eigenvalue weighted by Gasteiger charge is 2.26. The van der Waals surface area contributed by atoms with Gasteiger partial charge in [0.05, 0.1) is 17.0 Å². The minimum absolute atomic E-state index is 0.174. The van der Waals surface area contributed by atoms with E-state index in [1.54, 1.807) is 30.3 Å². The van der Waals surface area contributed by atoms with Crippen molar-refractivity contribution in [3.63, 3.8) is 0 Å². The molecule has 3 aromatic carbocycles. The van der Waals surface area contributed by atoms with Crippen molar-refractivity contribution >= 4 is 27.9 Å². The van der Waals surface area contributed by atoms with Crippen LogP contribution in [0.15, 0.2) is 101 Å². The smallest absolute Gasteiger partial charge is 0.207 e. The van der Waals surface area contributed by atoms with Crippen LogP contribution in [-0.4, -0.2) is 19.7 Å². The molecule has 0 saturated carbocycles. The molecule has 0 amide bonds. The maximum absolute atomic E-state index is 13.0. The second kappa shape index (κ2) is 10.3. The Kier molecular flexibility index (Phi) is 7.47. The molecule has 3 rings (SSSR count). The SMILES string of the molecule is Cc1ccc(S(=O)(=O)N[C@@H](/C=C/c2ccccc2)[C@@H](C#N)Sc2ccccc2)cc1. The standard InChI is InChI=1S/C24H22N2O2S2/c1-19-12-15-22(16-13-19)30(27,28)26-23(17-14-20-8-4-2-5-9-20)24(18-25)29-21-10-6-3-7-11-21/h2-17,23-24,26H,1H3/b17-14+/t23-,24+/m0/s1. The molecular formula is C24H22N2O2S2. The van der Waals surface area contributed by atoms with Gasteiger partial charge >= 0.3 is 0 Å². The second-order valence-electron chi connectivity index (χ2n) is 6.71. The molecule has 0 aliphatic heterocycles. The van der Waals surface area contributed by atoms with Gasteiger partial charge in [0.1, 0.15) is 5.25 Å². The zero-order chi connectivity index (χ0) is 21.4. The third-order valence-electron chi connectivity index (χ3n) is 4.38. The Morgan fingerprint density at radius 2 is 1.53 bits per heavy atom. The maximum atomic E-state index is 13.0. The van der Waals surface area contributed by atoms with E-state index in [2.05, 4.69) is 10.8 Å². The van der Waals surface area contributed by atoms with E-state index in [4.69, 9.17) is 0 Å². The molecule has 0 fully saturated rings. The van der Waals surface area contributed by atoms with Crippen LogP contribution in [0.1, 0.15) is 11.1 Å². The van der Waals surface area contributed by atoms with Crippen molar-refractivity contribution in [3.8, 4) is 6.07 Å². The quantitative estimate of drug-likeness (QED) is 0.504. The van der Waals surface area contributed by atoms with Gasteiger partial charge in [-0.05, 0) is 36.8 Å². The largest absolute Gasteiger partial charge is 0.241 e. The van der Waals surface area contributed by atoms with Crippen LogP contribution in [0.5, 0.6) is 0 Å². The van der Waals surface area contributed by atoms with Gasteiger partial charge in [-0.1, -0.05) is 78.4 Å². The minimum atomic E-state index is -3.79. The zero-order valence-electron chi connectivity index (χ0n) is 16.5. The molecule has 0 heterocycles. The Bertz CT molecular complexity index is 1120. The van der Waals surface area contributed by atoms with Crippen LogP contribution < -0.4 is 4.72 Å². The van der Waals surface area contributed by atoms with Crippen LogP contribution in [0.4, 0.5) is 0 Å². The Morgan fingerprint density at radius 3 is 2.13 bits per heavy atom. The topological polar surface area (TPSA) is 70.0 Å². The first-order chi connectivity index (χ1) is 14.5. The fraction of sp³-hybridized carbons (Fsp3) is 0.125. The van der Waals surface area contributed by atoms with Crippen LogP contribution in [0.2, 0.25) is 0 Å². The summed E-state index contributed by atoms with van der Waals surface area (Å²) in [6.45, 7) is 1.90. The van der Waals surface area contributed by atoms with E-state index in [-0.39, 0.29) is 4.90 Å². The third kappa shape index (κ3) is 6.07. The maximum Gasteiger partial charge on any atom is 0.241 e. The van der Waals surface area contributed by atoms with Crippen LogP contribution in [0.25, 0.3) is 6.08 Å². The molecule has 0 saturated heterocycles. The van der Waals surface area contributed by atoms with Crippen molar-refractivity contribution in [1.29, 1.82) is 5.26 Å². The highest BCUT2D eigenvalue weighted by atomic mass is 32.2. The normalized spacial score (nSPS) is 13.6. The van der Waals surface area contributed by atoms with E-state index in [9.17, 15) is 13.7 Å². The molecule has 0 spiro atoms. The highest BCUT2D eigenvalue weighted by Crippen LogP contribution is 2.26. The van der Waals surface area contributed by atoms with Gasteiger partial charge in [-0.25, -0.2) is 13.1 Å². The summed E-state index contributed by atoms with van der Waals surface area (Å²) in [4.78, 5) is 1.07. The van der Waals surface area contributed by atoms with Crippen molar-refractivity contribution in [3.05, 3.63) is 102 Å². The number of nitrogens with zero attached hydrogens (tertiary/aromatic N) is 1. The summed E-state index contributed by atoms with van der Waals surface area (Å²) in [7, 11) is -3.79. The lowest BCUT2D eigenvalue weighted by Gasteiger charge is -2.20. The molecule has 0 unspecified atom stereocenters. The summed E-state index contributed by atoms with van der Waals surface area (Å²) in [5, 5.41) is 9.17. The second-order valence-corrected chi connectivity index (χ2v) is 9.64. The monoisotopic (exact) mass is 434 g/mol. The van der Waals surface area contributed by atoms with Crippen molar-refractivity contribution in [2.24, 2.45) is 0 Å². The van der Waals surface area contributed by atoms with Crippen LogP contribution in [0.3, 0.4) is 0 Å². The zero-order valence-corrected chi connectivity index (χ0v) is 18.1. The van der Waals surface area contributed by atoms with Gasteiger partial charge in [0.2, 0.25) is 10.0 Å².